The van der Waals surface area contributed by atoms with Gasteiger partial charge in [0.15, 0.2) is 0 Å². The van der Waals surface area contributed by atoms with E-state index in [-0.39, 0.29) is 11.8 Å². The first-order valence-corrected chi connectivity index (χ1v) is 7.82. The monoisotopic (exact) mass is 331 g/mol. The number of amides is 2. The van der Waals surface area contributed by atoms with Crippen molar-refractivity contribution in [2.45, 2.75) is 6.92 Å². The molecule has 0 radical (unpaired) electrons. The van der Waals surface area contributed by atoms with Crippen molar-refractivity contribution in [1.82, 2.24) is 4.98 Å². The largest absolute Gasteiger partial charge is 0.326 e. The van der Waals surface area contributed by atoms with Gasteiger partial charge in [0, 0.05) is 30.1 Å². The van der Waals surface area contributed by atoms with Crippen LogP contribution in [-0.2, 0) is 4.79 Å². The van der Waals surface area contributed by atoms with E-state index in [1.165, 1.54) is 6.92 Å². The van der Waals surface area contributed by atoms with E-state index >= 15 is 0 Å². The summed E-state index contributed by atoms with van der Waals surface area (Å²) in [5, 5.41) is 5.48. The van der Waals surface area contributed by atoms with E-state index in [0.29, 0.717) is 16.9 Å². The summed E-state index contributed by atoms with van der Waals surface area (Å²) >= 11 is 0. The zero-order valence-corrected chi connectivity index (χ0v) is 13.7. The van der Waals surface area contributed by atoms with E-state index in [1.54, 1.807) is 36.5 Å². The van der Waals surface area contributed by atoms with Gasteiger partial charge in [0.2, 0.25) is 5.91 Å². The standard InChI is InChI=1S/C20H17N3O2/c1-14(24)22-17-8-10-18(11-9-17)23-20(25)16-7-12-19(21-13-16)15-5-3-2-4-6-15/h2-13H,1H3,(H,22,24)(H,23,25). The number of rotatable bonds is 4. The third-order valence-corrected chi connectivity index (χ3v) is 3.56. The number of nitrogens with one attached hydrogen (secondary N) is 2. The minimum absolute atomic E-state index is 0.138. The Morgan fingerprint density at radius 1 is 0.800 bits per heavy atom. The van der Waals surface area contributed by atoms with Crippen LogP contribution in [0, 0.1) is 0 Å². The summed E-state index contributed by atoms with van der Waals surface area (Å²) in [6.45, 7) is 1.45. The molecule has 1 heterocycles. The summed E-state index contributed by atoms with van der Waals surface area (Å²) in [5.74, 6) is -0.374. The van der Waals surface area contributed by atoms with Crippen LogP contribution in [0.3, 0.4) is 0 Å². The Bertz CT molecular complexity index is 873. The molecule has 25 heavy (non-hydrogen) atoms. The molecular formula is C20H17N3O2. The Hall–Kier alpha value is -3.47. The van der Waals surface area contributed by atoms with Gasteiger partial charge in [-0.3, -0.25) is 14.6 Å². The predicted molar refractivity (Wildman–Crippen MR) is 98.4 cm³/mol. The average molecular weight is 331 g/mol. The molecule has 5 nitrogen and oxygen atoms in total. The third kappa shape index (κ3) is 4.29. The highest BCUT2D eigenvalue weighted by Crippen LogP contribution is 2.18. The maximum absolute atomic E-state index is 12.3. The van der Waals surface area contributed by atoms with Gasteiger partial charge < -0.3 is 10.6 Å². The zero-order chi connectivity index (χ0) is 17.6. The van der Waals surface area contributed by atoms with Crippen LogP contribution in [0.5, 0.6) is 0 Å². The van der Waals surface area contributed by atoms with Crippen molar-refractivity contribution in [2.75, 3.05) is 10.6 Å². The predicted octanol–water partition coefficient (Wildman–Crippen LogP) is 3.96. The number of aromatic nitrogens is 1. The lowest BCUT2D eigenvalue weighted by Crippen LogP contribution is -2.12. The lowest BCUT2D eigenvalue weighted by molar-refractivity contribution is -0.114. The average Bonchev–Trinajstić information content (AvgIpc) is 2.64. The normalized spacial score (nSPS) is 10.1. The number of hydrogen-bond acceptors (Lipinski definition) is 3. The second-order valence-corrected chi connectivity index (χ2v) is 5.51. The molecule has 3 aromatic rings. The molecule has 0 fully saturated rings. The Morgan fingerprint density at radius 2 is 1.44 bits per heavy atom. The van der Waals surface area contributed by atoms with Gasteiger partial charge in [0.05, 0.1) is 11.3 Å². The molecule has 0 aliphatic heterocycles. The Labute approximate surface area is 145 Å². The van der Waals surface area contributed by atoms with Crippen molar-refractivity contribution in [2.24, 2.45) is 0 Å². The molecule has 124 valence electrons. The minimum Gasteiger partial charge on any atom is -0.326 e. The second kappa shape index (κ2) is 7.40. The zero-order valence-electron chi connectivity index (χ0n) is 13.7. The highest BCUT2D eigenvalue weighted by atomic mass is 16.2. The fourth-order valence-corrected chi connectivity index (χ4v) is 2.35. The van der Waals surface area contributed by atoms with E-state index in [4.69, 9.17) is 0 Å². The van der Waals surface area contributed by atoms with Crippen LogP contribution >= 0.6 is 0 Å². The van der Waals surface area contributed by atoms with Crippen molar-refractivity contribution in [3.05, 3.63) is 78.5 Å². The highest BCUT2D eigenvalue weighted by Gasteiger charge is 2.08. The SMILES string of the molecule is CC(=O)Nc1ccc(NC(=O)c2ccc(-c3ccccc3)nc2)cc1. The fourth-order valence-electron chi connectivity index (χ4n) is 2.35. The number of hydrogen-bond donors (Lipinski definition) is 2. The molecule has 0 aliphatic rings. The van der Waals surface area contributed by atoms with Gasteiger partial charge in [-0.05, 0) is 36.4 Å². The number of pyridine rings is 1. The van der Waals surface area contributed by atoms with Gasteiger partial charge in [0.25, 0.3) is 5.91 Å². The quantitative estimate of drug-likeness (QED) is 0.760. The minimum atomic E-state index is -0.237. The summed E-state index contributed by atoms with van der Waals surface area (Å²) < 4.78 is 0. The van der Waals surface area contributed by atoms with Gasteiger partial charge >= 0.3 is 0 Å². The second-order valence-electron chi connectivity index (χ2n) is 5.51. The van der Waals surface area contributed by atoms with Crippen LogP contribution in [-0.4, -0.2) is 16.8 Å². The van der Waals surface area contributed by atoms with Crippen LogP contribution in [0.4, 0.5) is 11.4 Å². The molecule has 2 N–H and O–H groups in total. The van der Waals surface area contributed by atoms with Gasteiger partial charge in [-0.15, -0.1) is 0 Å². The van der Waals surface area contributed by atoms with Gasteiger partial charge in [-0.2, -0.15) is 0 Å². The molecule has 2 aromatic carbocycles. The molecule has 0 spiro atoms. The topological polar surface area (TPSA) is 71.1 Å². The van der Waals surface area contributed by atoms with E-state index in [1.807, 2.05) is 36.4 Å². The number of carbonyl (C=O) groups excluding carboxylic acids is 2. The molecule has 0 bridgehead atoms. The molecule has 0 aliphatic carbocycles. The van der Waals surface area contributed by atoms with Crippen LogP contribution in [0.2, 0.25) is 0 Å². The molecule has 0 saturated carbocycles. The summed E-state index contributed by atoms with van der Waals surface area (Å²) in [7, 11) is 0. The first-order valence-electron chi connectivity index (χ1n) is 7.82. The summed E-state index contributed by atoms with van der Waals surface area (Å²) in [4.78, 5) is 27.7. The first-order chi connectivity index (χ1) is 12.1. The van der Waals surface area contributed by atoms with Crippen LogP contribution in [0.25, 0.3) is 11.3 Å². The summed E-state index contributed by atoms with van der Waals surface area (Å²) in [5.41, 5.74) is 3.62. The van der Waals surface area contributed by atoms with Gasteiger partial charge in [-0.25, -0.2) is 0 Å². The molecular weight excluding hydrogens is 314 g/mol. The summed E-state index contributed by atoms with van der Waals surface area (Å²) in [6, 6.07) is 20.3. The maximum Gasteiger partial charge on any atom is 0.257 e. The molecule has 5 heteroatoms. The van der Waals surface area contributed by atoms with E-state index < -0.39 is 0 Å². The van der Waals surface area contributed by atoms with Crippen molar-refractivity contribution in [3.8, 4) is 11.3 Å². The lowest BCUT2D eigenvalue weighted by atomic mass is 10.1. The molecule has 1 aromatic heterocycles. The van der Waals surface area contributed by atoms with Gasteiger partial charge in [-0.1, -0.05) is 30.3 Å². The fraction of sp³-hybridized carbons (Fsp3) is 0.0500. The van der Waals surface area contributed by atoms with Crippen molar-refractivity contribution >= 4 is 23.2 Å². The van der Waals surface area contributed by atoms with Crippen LogP contribution in [0.1, 0.15) is 17.3 Å². The van der Waals surface area contributed by atoms with E-state index in [9.17, 15) is 9.59 Å². The Balaban J connectivity index is 1.68. The Morgan fingerprint density at radius 3 is 2.00 bits per heavy atom. The molecule has 0 saturated heterocycles. The van der Waals surface area contributed by atoms with Crippen molar-refractivity contribution in [3.63, 3.8) is 0 Å². The van der Waals surface area contributed by atoms with Gasteiger partial charge in [0.1, 0.15) is 0 Å². The molecule has 0 atom stereocenters. The van der Waals surface area contributed by atoms with Crippen LogP contribution < -0.4 is 10.6 Å². The lowest BCUT2D eigenvalue weighted by Gasteiger charge is -2.07. The van der Waals surface area contributed by atoms with Crippen LogP contribution in [0.15, 0.2) is 72.9 Å². The Kier molecular flexibility index (Phi) is 4.85. The smallest absolute Gasteiger partial charge is 0.257 e. The number of carbonyl (C=O) groups is 2. The highest BCUT2D eigenvalue weighted by molar-refractivity contribution is 6.04. The number of nitrogens with zero attached hydrogens (tertiary/aromatic N) is 1. The van der Waals surface area contributed by atoms with Crippen molar-refractivity contribution < 1.29 is 9.59 Å². The van der Waals surface area contributed by atoms with Crippen molar-refractivity contribution in [1.29, 1.82) is 0 Å². The third-order valence-electron chi connectivity index (χ3n) is 3.56. The molecule has 0 unspecified atom stereocenters. The molecule has 3 rings (SSSR count). The van der Waals surface area contributed by atoms with E-state index in [2.05, 4.69) is 15.6 Å². The molecule has 2 amide bonds. The number of anilines is 2. The van der Waals surface area contributed by atoms with E-state index in [0.717, 1.165) is 11.3 Å². The number of benzene rings is 2. The summed E-state index contributed by atoms with van der Waals surface area (Å²) in [6.07, 6.45) is 1.56. The first kappa shape index (κ1) is 16.4. The maximum atomic E-state index is 12.3.